The number of likely N-dealkylation sites (tertiary alicyclic amines) is 1. The van der Waals surface area contributed by atoms with Gasteiger partial charge in [0.2, 0.25) is 0 Å². The first-order valence-corrected chi connectivity index (χ1v) is 10.6. The molecule has 1 aromatic carbocycles. The van der Waals surface area contributed by atoms with E-state index in [1.54, 1.807) is 35.4 Å². The summed E-state index contributed by atoms with van der Waals surface area (Å²) in [7, 11) is 0. The number of nitrogens with one attached hydrogen (secondary N) is 2. The largest absolute Gasteiger partial charge is 0.352 e. The summed E-state index contributed by atoms with van der Waals surface area (Å²) in [6.45, 7) is 5.35. The molecule has 0 aliphatic carbocycles. The summed E-state index contributed by atoms with van der Waals surface area (Å²) < 4.78 is 8.37. The Hall–Kier alpha value is -2.58. The van der Waals surface area contributed by atoms with Crippen molar-refractivity contribution in [3.63, 3.8) is 0 Å². The molecule has 4 rings (SSSR count). The molecule has 1 fully saturated rings. The molecular weight excluding hydrogens is 406 g/mol. The first-order chi connectivity index (χ1) is 14.4. The molecule has 2 aliphatic heterocycles. The number of piperidine rings is 1. The van der Waals surface area contributed by atoms with Gasteiger partial charge in [0, 0.05) is 55.1 Å². The van der Waals surface area contributed by atoms with Crippen LogP contribution in [-0.4, -0.2) is 51.6 Å². The van der Waals surface area contributed by atoms with E-state index >= 15 is 0 Å². The fraction of sp³-hybridized carbons (Fsp3) is 0.476. The number of anilines is 1. The number of ether oxygens (including phenoxy) is 1. The zero-order valence-electron chi connectivity index (χ0n) is 17.1. The quantitative estimate of drug-likeness (QED) is 0.781. The van der Waals surface area contributed by atoms with Gasteiger partial charge in [-0.2, -0.15) is 0 Å². The molecule has 30 heavy (non-hydrogen) atoms. The predicted octanol–water partition coefficient (Wildman–Crippen LogP) is 2.98. The van der Waals surface area contributed by atoms with Crippen molar-refractivity contribution < 1.29 is 14.3 Å². The van der Waals surface area contributed by atoms with Crippen LogP contribution in [0.15, 0.2) is 36.7 Å². The van der Waals surface area contributed by atoms with E-state index in [9.17, 15) is 9.59 Å². The fourth-order valence-corrected chi connectivity index (χ4v) is 4.17. The van der Waals surface area contributed by atoms with E-state index in [2.05, 4.69) is 15.6 Å². The van der Waals surface area contributed by atoms with Crippen LogP contribution in [0.3, 0.4) is 0 Å². The maximum absolute atomic E-state index is 12.9. The van der Waals surface area contributed by atoms with Gasteiger partial charge >= 0.3 is 6.03 Å². The van der Waals surface area contributed by atoms with Crippen LogP contribution in [0.4, 0.5) is 10.5 Å². The minimum Gasteiger partial charge on any atom is -0.352 e. The highest BCUT2D eigenvalue weighted by atomic mass is 35.5. The topological polar surface area (TPSA) is 88.5 Å². The molecule has 2 aliphatic rings. The number of nitrogens with zero attached hydrogens (tertiary/aromatic N) is 3. The summed E-state index contributed by atoms with van der Waals surface area (Å²) in [5.41, 5.74) is -0.0168. The second-order valence-corrected chi connectivity index (χ2v) is 8.53. The van der Waals surface area contributed by atoms with Gasteiger partial charge < -0.3 is 24.8 Å². The first kappa shape index (κ1) is 20.7. The van der Waals surface area contributed by atoms with Gasteiger partial charge in [0.1, 0.15) is 11.4 Å². The van der Waals surface area contributed by atoms with Crippen LogP contribution in [0.25, 0.3) is 0 Å². The fourth-order valence-electron chi connectivity index (χ4n) is 4.04. The smallest absolute Gasteiger partial charge is 0.317 e. The average Bonchev–Trinajstić information content (AvgIpc) is 3.19. The van der Waals surface area contributed by atoms with E-state index in [4.69, 9.17) is 16.3 Å². The molecule has 3 heterocycles. The number of urea groups is 1. The molecule has 3 amide bonds. The van der Waals surface area contributed by atoms with Gasteiger partial charge in [0.25, 0.3) is 5.91 Å². The standard InChI is InChI=1S/C21H26ClN5O3/c1-14(2)24-20(29)26-10-7-21(8-11-26)19-23-9-12-27(19)13-17(30-21)18(28)25-16-5-3-15(22)4-6-16/h3-6,9,12,14,17H,7-8,10-11,13H2,1-2H3,(H,24,29)(H,25,28). The van der Waals surface area contributed by atoms with Crippen LogP contribution in [0.2, 0.25) is 5.02 Å². The molecule has 2 aromatic rings. The van der Waals surface area contributed by atoms with Gasteiger partial charge in [-0.1, -0.05) is 11.6 Å². The van der Waals surface area contributed by atoms with Gasteiger partial charge in [0.05, 0.1) is 6.54 Å². The zero-order valence-corrected chi connectivity index (χ0v) is 17.9. The molecule has 2 N–H and O–H groups in total. The number of amides is 3. The van der Waals surface area contributed by atoms with Gasteiger partial charge in [-0.15, -0.1) is 0 Å². The van der Waals surface area contributed by atoms with Crippen molar-refractivity contribution >= 4 is 29.2 Å². The second kappa shape index (κ2) is 8.28. The maximum Gasteiger partial charge on any atom is 0.317 e. The summed E-state index contributed by atoms with van der Waals surface area (Å²) >= 11 is 5.92. The SMILES string of the molecule is CC(C)NC(=O)N1CCC2(CC1)OC(C(=O)Nc1ccc(Cl)cc1)Cn1ccnc12. The molecule has 1 spiro atoms. The van der Waals surface area contributed by atoms with Crippen molar-refractivity contribution in [3.05, 3.63) is 47.5 Å². The molecule has 1 unspecified atom stereocenters. The lowest BCUT2D eigenvalue weighted by Gasteiger charge is -2.45. The monoisotopic (exact) mass is 431 g/mol. The maximum atomic E-state index is 12.9. The lowest BCUT2D eigenvalue weighted by molar-refractivity contribution is -0.167. The Morgan fingerprint density at radius 3 is 2.60 bits per heavy atom. The van der Waals surface area contributed by atoms with E-state index in [-0.39, 0.29) is 18.0 Å². The molecule has 8 nitrogen and oxygen atoms in total. The minimum absolute atomic E-state index is 0.0731. The highest BCUT2D eigenvalue weighted by Crippen LogP contribution is 2.40. The lowest BCUT2D eigenvalue weighted by atomic mass is 9.88. The average molecular weight is 432 g/mol. The normalized spacial score (nSPS) is 20.1. The molecule has 0 bridgehead atoms. The first-order valence-electron chi connectivity index (χ1n) is 10.2. The number of hydrogen-bond donors (Lipinski definition) is 2. The van der Waals surface area contributed by atoms with Crippen molar-refractivity contribution in [2.24, 2.45) is 0 Å². The molecule has 0 saturated carbocycles. The molecule has 1 atom stereocenters. The number of carbonyl (C=O) groups is 2. The number of benzene rings is 1. The molecule has 9 heteroatoms. The van der Waals surface area contributed by atoms with E-state index in [0.29, 0.717) is 43.2 Å². The van der Waals surface area contributed by atoms with Gasteiger partial charge in [0.15, 0.2) is 6.10 Å². The summed E-state index contributed by atoms with van der Waals surface area (Å²) in [5.74, 6) is 0.609. The van der Waals surface area contributed by atoms with Crippen molar-refractivity contribution in [3.8, 4) is 0 Å². The Morgan fingerprint density at radius 1 is 1.23 bits per heavy atom. The summed E-state index contributed by atoms with van der Waals surface area (Å²) in [6.07, 6.45) is 4.12. The van der Waals surface area contributed by atoms with Crippen LogP contribution in [0.5, 0.6) is 0 Å². The van der Waals surface area contributed by atoms with Crippen molar-refractivity contribution in [2.75, 3.05) is 18.4 Å². The second-order valence-electron chi connectivity index (χ2n) is 8.09. The van der Waals surface area contributed by atoms with Crippen LogP contribution in [-0.2, 0) is 21.7 Å². The van der Waals surface area contributed by atoms with E-state index in [1.807, 2.05) is 24.6 Å². The summed E-state index contributed by atoms with van der Waals surface area (Å²) in [6, 6.07) is 6.98. The number of imidazole rings is 1. The third-order valence-corrected chi connectivity index (χ3v) is 5.78. The number of halogens is 1. The minimum atomic E-state index is -0.682. The van der Waals surface area contributed by atoms with E-state index < -0.39 is 11.7 Å². The van der Waals surface area contributed by atoms with E-state index in [1.165, 1.54) is 0 Å². The Bertz CT molecular complexity index is 919. The molecule has 1 aromatic heterocycles. The predicted molar refractivity (Wildman–Crippen MR) is 113 cm³/mol. The summed E-state index contributed by atoms with van der Waals surface area (Å²) in [5, 5.41) is 6.44. The number of carbonyl (C=O) groups excluding carboxylic acids is 2. The number of aromatic nitrogens is 2. The van der Waals surface area contributed by atoms with Crippen LogP contribution >= 0.6 is 11.6 Å². The van der Waals surface area contributed by atoms with Crippen LogP contribution in [0, 0.1) is 0 Å². The third-order valence-electron chi connectivity index (χ3n) is 5.53. The van der Waals surface area contributed by atoms with Crippen LogP contribution < -0.4 is 10.6 Å². The Morgan fingerprint density at radius 2 is 1.93 bits per heavy atom. The lowest BCUT2D eigenvalue weighted by Crippen LogP contribution is -2.55. The molecular formula is C21H26ClN5O3. The number of rotatable bonds is 3. The van der Waals surface area contributed by atoms with Crippen molar-refractivity contribution in [1.29, 1.82) is 0 Å². The Labute approximate surface area is 180 Å². The van der Waals surface area contributed by atoms with Crippen molar-refractivity contribution in [1.82, 2.24) is 19.8 Å². The molecule has 160 valence electrons. The van der Waals surface area contributed by atoms with Gasteiger partial charge in [-0.25, -0.2) is 9.78 Å². The summed E-state index contributed by atoms with van der Waals surface area (Å²) in [4.78, 5) is 31.6. The Kier molecular flexibility index (Phi) is 5.71. The molecule has 0 radical (unpaired) electrons. The molecule has 1 saturated heterocycles. The third kappa shape index (κ3) is 4.15. The van der Waals surface area contributed by atoms with Crippen molar-refractivity contribution in [2.45, 2.75) is 51.0 Å². The highest BCUT2D eigenvalue weighted by molar-refractivity contribution is 6.30. The number of fused-ring (bicyclic) bond motifs is 2. The highest BCUT2D eigenvalue weighted by Gasteiger charge is 2.47. The van der Waals surface area contributed by atoms with E-state index in [0.717, 1.165) is 5.82 Å². The Balaban J connectivity index is 1.48. The van der Waals surface area contributed by atoms with Crippen LogP contribution in [0.1, 0.15) is 32.5 Å². The zero-order chi connectivity index (χ0) is 21.3. The van der Waals surface area contributed by atoms with Gasteiger partial charge in [-0.3, -0.25) is 4.79 Å². The van der Waals surface area contributed by atoms with Gasteiger partial charge in [-0.05, 0) is 38.1 Å². The number of hydrogen-bond acceptors (Lipinski definition) is 4.